The topological polar surface area (TPSA) is 58.6 Å². The molecule has 1 aliphatic carbocycles. The van der Waals surface area contributed by atoms with Crippen LogP contribution >= 0.6 is 11.6 Å². The second-order valence-corrected chi connectivity index (χ2v) is 5.41. The first kappa shape index (κ1) is 14.2. The zero-order valence-corrected chi connectivity index (χ0v) is 11.7. The summed E-state index contributed by atoms with van der Waals surface area (Å²) in [5, 5.41) is 12.8. The molecule has 4 nitrogen and oxygen atoms in total. The van der Waals surface area contributed by atoms with Gasteiger partial charge in [-0.1, -0.05) is 11.6 Å². The van der Waals surface area contributed by atoms with E-state index in [9.17, 15) is 9.90 Å². The third-order valence-corrected chi connectivity index (χ3v) is 3.85. The number of halogens is 1. The Balaban J connectivity index is 2.04. The summed E-state index contributed by atoms with van der Waals surface area (Å²) in [6.07, 6.45) is 2.91. The lowest BCUT2D eigenvalue weighted by atomic mass is 9.77. The number of hydrogen-bond donors (Lipinski definition) is 2. The number of carbonyl (C=O) groups is 1. The highest BCUT2D eigenvalue weighted by Crippen LogP contribution is 2.31. The standard InChI is InChI=1S/C14H18ClNO3/c1-19-12-4-3-11(15)7-10(12)8-13(18)16-14(9-17)5-2-6-14/h3-4,7,17H,2,5-6,8-9H2,1H3,(H,16,18). The molecule has 2 N–H and O–H groups in total. The normalized spacial score (nSPS) is 16.6. The van der Waals surface area contributed by atoms with Gasteiger partial charge in [0.15, 0.2) is 0 Å². The number of ether oxygens (including phenoxy) is 1. The predicted molar refractivity (Wildman–Crippen MR) is 73.5 cm³/mol. The number of hydrogen-bond acceptors (Lipinski definition) is 3. The Morgan fingerprint density at radius 3 is 2.79 bits per heavy atom. The summed E-state index contributed by atoms with van der Waals surface area (Å²) in [5.41, 5.74) is 0.336. The lowest BCUT2D eigenvalue weighted by Gasteiger charge is -2.41. The Bertz CT molecular complexity index is 466. The van der Waals surface area contributed by atoms with Crippen molar-refractivity contribution in [3.8, 4) is 5.75 Å². The number of rotatable bonds is 5. The van der Waals surface area contributed by atoms with Crippen molar-refractivity contribution in [1.82, 2.24) is 5.32 Å². The van der Waals surface area contributed by atoms with Gasteiger partial charge in [0.1, 0.15) is 5.75 Å². The van der Waals surface area contributed by atoms with Gasteiger partial charge in [-0.2, -0.15) is 0 Å². The number of aliphatic hydroxyl groups excluding tert-OH is 1. The fourth-order valence-electron chi connectivity index (χ4n) is 2.32. The highest BCUT2D eigenvalue weighted by Gasteiger charge is 2.37. The molecular weight excluding hydrogens is 266 g/mol. The van der Waals surface area contributed by atoms with Gasteiger partial charge in [0.2, 0.25) is 5.91 Å². The first-order valence-electron chi connectivity index (χ1n) is 6.33. The first-order valence-corrected chi connectivity index (χ1v) is 6.71. The van der Waals surface area contributed by atoms with Gasteiger partial charge in [0.25, 0.3) is 0 Å². The summed E-state index contributed by atoms with van der Waals surface area (Å²) in [5.74, 6) is 0.528. The van der Waals surface area contributed by atoms with Crippen LogP contribution in [0.1, 0.15) is 24.8 Å². The minimum atomic E-state index is -0.414. The van der Waals surface area contributed by atoms with E-state index in [1.54, 1.807) is 25.3 Å². The molecule has 0 saturated heterocycles. The minimum Gasteiger partial charge on any atom is -0.496 e. The Morgan fingerprint density at radius 1 is 1.53 bits per heavy atom. The Labute approximate surface area is 117 Å². The van der Waals surface area contributed by atoms with E-state index in [2.05, 4.69) is 5.32 Å². The van der Waals surface area contributed by atoms with Crippen molar-refractivity contribution < 1.29 is 14.6 Å². The second kappa shape index (κ2) is 5.80. The average molecular weight is 284 g/mol. The molecule has 0 radical (unpaired) electrons. The maximum atomic E-state index is 12.0. The molecule has 19 heavy (non-hydrogen) atoms. The van der Waals surface area contributed by atoms with Crippen LogP contribution in [0.15, 0.2) is 18.2 Å². The molecule has 1 aromatic rings. The molecule has 0 aliphatic heterocycles. The lowest BCUT2D eigenvalue weighted by Crippen LogP contribution is -2.56. The summed E-state index contributed by atoms with van der Waals surface area (Å²) in [7, 11) is 1.56. The van der Waals surface area contributed by atoms with Gasteiger partial charge in [-0.3, -0.25) is 4.79 Å². The van der Waals surface area contributed by atoms with E-state index in [-0.39, 0.29) is 18.9 Å². The van der Waals surface area contributed by atoms with Crippen molar-refractivity contribution in [3.63, 3.8) is 0 Å². The fraction of sp³-hybridized carbons (Fsp3) is 0.500. The molecule has 0 unspecified atom stereocenters. The van der Waals surface area contributed by atoms with Crippen LogP contribution < -0.4 is 10.1 Å². The van der Waals surface area contributed by atoms with Gasteiger partial charge < -0.3 is 15.2 Å². The number of nitrogens with one attached hydrogen (secondary N) is 1. The van der Waals surface area contributed by atoms with Gasteiger partial charge in [0.05, 0.1) is 25.7 Å². The second-order valence-electron chi connectivity index (χ2n) is 4.97. The highest BCUT2D eigenvalue weighted by molar-refractivity contribution is 6.30. The van der Waals surface area contributed by atoms with E-state index in [1.165, 1.54) is 0 Å². The van der Waals surface area contributed by atoms with Crippen LogP contribution in [-0.4, -0.2) is 30.3 Å². The molecule has 2 rings (SSSR count). The maximum absolute atomic E-state index is 12.0. The Hall–Kier alpha value is -1.26. The van der Waals surface area contributed by atoms with Gasteiger partial charge in [-0.15, -0.1) is 0 Å². The smallest absolute Gasteiger partial charge is 0.225 e. The molecule has 0 heterocycles. The highest BCUT2D eigenvalue weighted by atomic mass is 35.5. The van der Waals surface area contributed by atoms with Crippen molar-refractivity contribution in [2.45, 2.75) is 31.2 Å². The lowest BCUT2D eigenvalue weighted by molar-refractivity contribution is -0.124. The Kier molecular flexibility index (Phi) is 4.32. The number of methoxy groups -OCH3 is 1. The molecule has 5 heteroatoms. The van der Waals surface area contributed by atoms with E-state index >= 15 is 0 Å². The SMILES string of the molecule is COc1ccc(Cl)cc1CC(=O)NC1(CO)CCC1. The molecule has 1 amide bonds. The van der Waals surface area contributed by atoms with E-state index in [0.29, 0.717) is 10.8 Å². The minimum absolute atomic E-state index is 0.00851. The molecule has 1 saturated carbocycles. The van der Waals surface area contributed by atoms with Crippen molar-refractivity contribution in [1.29, 1.82) is 0 Å². The van der Waals surface area contributed by atoms with Crippen LogP contribution in [0.2, 0.25) is 5.02 Å². The number of aliphatic hydroxyl groups is 1. The molecule has 0 aromatic heterocycles. The molecule has 1 fully saturated rings. The van der Waals surface area contributed by atoms with E-state index in [1.807, 2.05) is 0 Å². The molecule has 0 atom stereocenters. The molecule has 1 aromatic carbocycles. The van der Waals surface area contributed by atoms with Gasteiger partial charge in [0, 0.05) is 10.6 Å². The summed E-state index contributed by atoms with van der Waals surface area (Å²) >= 11 is 5.93. The first-order chi connectivity index (χ1) is 9.08. The fourth-order valence-corrected chi connectivity index (χ4v) is 2.52. The predicted octanol–water partition coefficient (Wildman–Crippen LogP) is 1.92. The van der Waals surface area contributed by atoms with Crippen LogP contribution in [0.3, 0.4) is 0 Å². The third-order valence-electron chi connectivity index (χ3n) is 3.61. The van der Waals surface area contributed by atoms with E-state index < -0.39 is 5.54 Å². The summed E-state index contributed by atoms with van der Waals surface area (Å²) in [6.45, 7) is -0.00851. The van der Waals surface area contributed by atoms with E-state index in [0.717, 1.165) is 24.8 Å². The van der Waals surface area contributed by atoms with Crippen LogP contribution in [0.4, 0.5) is 0 Å². The largest absolute Gasteiger partial charge is 0.496 e. The van der Waals surface area contributed by atoms with Crippen LogP contribution in [-0.2, 0) is 11.2 Å². The Morgan fingerprint density at radius 2 is 2.26 bits per heavy atom. The summed E-state index contributed by atoms with van der Waals surface area (Å²) in [4.78, 5) is 12.0. The number of benzene rings is 1. The molecular formula is C14H18ClNO3. The van der Waals surface area contributed by atoms with Crippen LogP contribution in [0.25, 0.3) is 0 Å². The van der Waals surface area contributed by atoms with Crippen molar-refractivity contribution in [2.24, 2.45) is 0 Å². The number of carbonyl (C=O) groups excluding carboxylic acids is 1. The van der Waals surface area contributed by atoms with Crippen LogP contribution in [0.5, 0.6) is 5.75 Å². The summed E-state index contributed by atoms with van der Waals surface area (Å²) < 4.78 is 5.21. The van der Waals surface area contributed by atoms with Crippen molar-refractivity contribution in [2.75, 3.05) is 13.7 Å². The van der Waals surface area contributed by atoms with Crippen molar-refractivity contribution >= 4 is 17.5 Å². The average Bonchev–Trinajstić information content (AvgIpc) is 2.34. The molecule has 0 bridgehead atoms. The zero-order valence-electron chi connectivity index (χ0n) is 10.9. The zero-order chi connectivity index (χ0) is 13.9. The van der Waals surface area contributed by atoms with Crippen LogP contribution in [0, 0.1) is 0 Å². The monoisotopic (exact) mass is 283 g/mol. The van der Waals surface area contributed by atoms with Crippen molar-refractivity contribution in [3.05, 3.63) is 28.8 Å². The number of amides is 1. The molecule has 0 spiro atoms. The van der Waals surface area contributed by atoms with Gasteiger partial charge in [-0.05, 0) is 37.5 Å². The molecule has 104 valence electrons. The van der Waals surface area contributed by atoms with Gasteiger partial charge in [-0.25, -0.2) is 0 Å². The quantitative estimate of drug-likeness (QED) is 0.868. The third kappa shape index (κ3) is 3.19. The van der Waals surface area contributed by atoms with E-state index in [4.69, 9.17) is 16.3 Å². The summed E-state index contributed by atoms with van der Waals surface area (Å²) in [6, 6.07) is 5.20. The molecule has 1 aliphatic rings. The van der Waals surface area contributed by atoms with Gasteiger partial charge >= 0.3 is 0 Å². The maximum Gasteiger partial charge on any atom is 0.225 e.